The second-order valence-corrected chi connectivity index (χ2v) is 15.2. The van der Waals surface area contributed by atoms with Crippen molar-refractivity contribution < 1.29 is 4.79 Å². The first kappa shape index (κ1) is 45.6. The van der Waals surface area contributed by atoms with Gasteiger partial charge in [-0.2, -0.15) is 5.10 Å². The SMILES string of the molecule is C=C.C=C(CNCCC1(/C(=N/N)NN)C2=C(CCc3cc(CNC(C)(C)C)ccc31)CC(C(=O)NC(C)(C)C)C=C2)N1CCCC1C.CC.CC. The second kappa shape index (κ2) is 21.2. The Morgan fingerprint density at radius 3 is 2.27 bits per heavy atom. The smallest absolute Gasteiger partial charge is 0.227 e. The maximum absolute atomic E-state index is 13.3. The number of nitrogens with zero attached hydrogens (tertiary/aromatic N) is 2. The molecule has 0 bridgehead atoms. The molecule has 0 saturated carbocycles. The molecule has 51 heavy (non-hydrogen) atoms. The van der Waals surface area contributed by atoms with Crippen molar-refractivity contribution in [2.24, 2.45) is 22.7 Å². The first-order valence-electron chi connectivity index (χ1n) is 19.2. The first-order chi connectivity index (χ1) is 24.2. The number of likely N-dealkylation sites (tertiary alicyclic amines) is 1. The van der Waals surface area contributed by atoms with Gasteiger partial charge in [0.05, 0.1) is 11.3 Å². The van der Waals surface area contributed by atoms with Gasteiger partial charge in [0.1, 0.15) is 0 Å². The van der Waals surface area contributed by atoms with Crippen molar-refractivity contribution in [3.05, 3.63) is 83.6 Å². The molecule has 3 atom stereocenters. The van der Waals surface area contributed by atoms with E-state index in [0.29, 0.717) is 37.8 Å². The minimum absolute atomic E-state index is 0.00994. The van der Waals surface area contributed by atoms with E-state index < -0.39 is 5.41 Å². The summed E-state index contributed by atoms with van der Waals surface area (Å²) in [7, 11) is 0. The quantitative estimate of drug-likeness (QED) is 0.0382. The van der Waals surface area contributed by atoms with Gasteiger partial charge in [-0.1, -0.05) is 70.2 Å². The highest BCUT2D eigenvalue weighted by Crippen LogP contribution is 2.47. The Balaban J connectivity index is 0.00000206. The van der Waals surface area contributed by atoms with Crippen molar-refractivity contribution in [3.63, 3.8) is 0 Å². The molecule has 0 aromatic heterocycles. The summed E-state index contributed by atoms with van der Waals surface area (Å²) in [5.41, 5.74) is 9.07. The Morgan fingerprint density at radius 1 is 1.06 bits per heavy atom. The van der Waals surface area contributed by atoms with E-state index in [-0.39, 0.29) is 22.9 Å². The van der Waals surface area contributed by atoms with Crippen LogP contribution in [0.25, 0.3) is 0 Å². The summed E-state index contributed by atoms with van der Waals surface area (Å²) >= 11 is 0. The fourth-order valence-electron chi connectivity index (χ4n) is 7.20. The van der Waals surface area contributed by atoms with Crippen molar-refractivity contribution in [2.45, 2.75) is 144 Å². The molecule has 0 radical (unpaired) electrons. The molecule has 9 heteroatoms. The van der Waals surface area contributed by atoms with Crippen LogP contribution < -0.4 is 33.1 Å². The molecule has 0 spiro atoms. The van der Waals surface area contributed by atoms with E-state index in [1.54, 1.807) is 0 Å². The molecule has 2 aliphatic carbocycles. The number of hydrazine groups is 1. The number of aryl methyl sites for hydroxylation is 1. The molecule has 8 N–H and O–H groups in total. The topological polar surface area (TPSA) is 133 Å². The molecule has 1 saturated heterocycles. The maximum Gasteiger partial charge on any atom is 0.227 e. The number of hydrogen-bond donors (Lipinski definition) is 6. The molecule has 4 rings (SSSR count). The van der Waals surface area contributed by atoms with Crippen LogP contribution in [0.5, 0.6) is 0 Å². The van der Waals surface area contributed by atoms with E-state index in [0.717, 1.165) is 42.8 Å². The van der Waals surface area contributed by atoms with Gasteiger partial charge < -0.3 is 32.1 Å². The highest BCUT2D eigenvalue weighted by molar-refractivity contribution is 5.98. The number of amidine groups is 1. The number of hydrogen-bond acceptors (Lipinski definition) is 7. The largest absolute Gasteiger partial charge is 0.372 e. The Morgan fingerprint density at radius 2 is 1.73 bits per heavy atom. The van der Waals surface area contributed by atoms with Crippen LogP contribution in [0.2, 0.25) is 0 Å². The third-order valence-electron chi connectivity index (χ3n) is 9.42. The zero-order valence-corrected chi connectivity index (χ0v) is 34.2. The molecule has 1 fully saturated rings. The van der Waals surface area contributed by atoms with Gasteiger partial charge in [-0.3, -0.25) is 4.79 Å². The average Bonchev–Trinajstić information content (AvgIpc) is 3.49. The molecule has 3 aliphatic rings. The molecule has 1 aromatic rings. The van der Waals surface area contributed by atoms with E-state index in [1.165, 1.54) is 29.5 Å². The number of nitrogens with one attached hydrogen (secondary N) is 4. The molecule has 1 aliphatic heterocycles. The summed E-state index contributed by atoms with van der Waals surface area (Å²) in [5.74, 6) is 12.7. The fourth-order valence-corrected chi connectivity index (χ4v) is 7.20. The number of allylic oxidation sites excluding steroid dienone is 2. The van der Waals surface area contributed by atoms with Crippen LogP contribution in [0.15, 0.2) is 72.0 Å². The van der Waals surface area contributed by atoms with Gasteiger partial charge in [0.2, 0.25) is 5.91 Å². The van der Waals surface area contributed by atoms with E-state index in [4.69, 9.17) is 11.7 Å². The van der Waals surface area contributed by atoms with Crippen molar-refractivity contribution in [2.75, 3.05) is 19.6 Å². The Hall–Kier alpha value is -3.40. The molecule has 1 heterocycles. The van der Waals surface area contributed by atoms with Crippen molar-refractivity contribution in [3.8, 4) is 0 Å². The van der Waals surface area contributed by atoms with Gasteiger partial charge >= 0.3 is 0 Å². The summed E-state index contributed by atoms with van der Waals surface area (Å²) in [6.45, 7) is 36.5. The molecule has 3 unspecified atom stereocenters. The summed E-state index contributed by atoms with van der Waals surface area (Å²) in [4.78, 5) is 15.7. The Bertz CT molecular complexity index is 1350. The van der Waals surface area contributed by atoms with Gasteiger partial charge in [0.25, 0.3) is 0 Å². The first-order valence-corrected chi connectivity index (χ1v) is 19.2. The van der Waals surface area contributed by atoms with Gasteiger partial charge in [0.15, 0.2) is 5.84 Å². The van der Waals surface area contributed by atoms with Crippen LogP contribution in [-0.4, -0.2) is 53.4 Å². The van der Waals surface area contributed by atoms with E-state index in [2.05, 4.69) is 109 Å². The monoisotopic (exact) mass is 707 g/mol. The van der Waals surface area contributed by atoms with Crippen LogP contribution in [0.1, 0.15) is 125 Å². The van der Waals surface area contributed by atoms with Crippen molar-refractivity contribution >= 4 is 11.7 Å². The molecular formula is C42H74N8O. The number of carbonyl (C=O) groups is 1. The number of fused-ring (bicyclic) bond motifs is 1. The van der Waals surface area contributed by atoms with E-state index in [9.17, 15) is 4.79 Å². The van der Waals surface area contributed by atoms with Gasteiger partial charge in [-0.15, -0.1) is 13.2 Å². The second-order valence-electron chi connectivity index (χ2n) is 15.2. The standard InChI is InChI=1S/C36H58N8O.2C2H6.C2H4/c1-24-10-9-19-44(24)25(2)22-39-18-17-36(33(42-37)43-38)30-15-11-26(23-40-34(3,4)5)20-27(30)12-13-28-21-29(14-16-31(28)36)32(45)41-35(6,7)8;3*1-2/h11,14-16,20,24,29,39-40H,2,9-10,12-13,17-19,21-23,37-38H2,1,3-8H3,(H,41,45)(H,42,43);2*1-2H3;1-2H2. The maximum atomic E-state index is 13.3. The highest BCUT2D eigenvalue weighted by atomic mass is 16.2. The number of nitrogens with two attached hydrogens (primary N) is 2. The zero-order valence-electron chi connectivity index (χ0n) is 34.2. The van der Waals surface area contributed by atoms with Crippen LogP contribution in [-0.2, 0) is 23.2 Å². The van der Waals surface area contributed by atoms with Crippen LogP contribution in [0.4, 0.5) is 0 Å². The number of amides is 1. The van der Waals surface area contributed by atoms with E-state index in [1.807, 2.05) is 48.5 Å². The average molecular weight is 707 g/mol. The highest BCUT2D eigenvalue weighted by Gasteiger charge is 2.46. The summed E-state index contributed by atoms with van der Waals surface area (Å²) in [5, 5.41) is 14.8. The van der Waals surface area contributed by atoms with E-state index >= 15 is 0 Å². The molecule has 288 valence electrons. The fraction of sp³-hybridized carbons (Fsp3) is 0.619. The minimum Gasteiger partial charge on any atom is -0.372 e. The number of carbonyl (C=O) groups excluding carboxylic acids is 1. The van der Waals surface area contributed by atoms with Gasteiger partial charge in [-0.25, -0.2) is 5.84 Å². The molecule has 1 aromatic carbocycles. The minimum atomic E-state index is -0.710. The summed E-state index contributed by atoms with van der Waals surface area (Å²) < 4.78 is 0. The number of benzene rings is 1. The van der Waals surface area contributed by atoms with Crippen molar-refractivity contribution in [1.82, 2.24) is 26.3 Å². The van der Waals surface area contributed by atoms with Crippen LogP contribution in [0.3, 0.4) is 0 Å². The lowest BCUT2D eigenvalue weighted by Crippen LogP contribution is -2.51. The van der Waals surface area contributed by atoms with Crippen LogP contribution >= 0.6 is 0 Å². The third-order valence-corrected chi connectivity index (χ3v) is 9.42. The lowest BCUT2D eigenvalue weighted by Gasteiger charge is -2.39. The van der Waals surface area contributed by atoms with Gasteiger partial charge in [0, 0.05) is 42.5 Å². The predicted molar refractivity (Wildman–Crippen MR) is 220 cm³/mol. The van der Waals surface area contributed by atoms with Gasteiger partial charge in [-0.05, 0) is 116 Å². The number of hydrazone groups is 1. The lowest BCUT2D eigenvalue weighted by molar-refractivity contribution is -0.125. The lowest BCUT2D eigenvalue weighted by atomic mass is 9.66. The Labute approximate surface area is 311 Å². The number of rotatable bonds is 10. The molecule has 9 nitrogen and oxygen atoms in total. The normalized spacial score (nSPS) is 21.3. The molecular weight excluding hydrogens is 633 g/mol. The Kier molecular flexibility index (Phi) is 19.0. The van der Waals surface area contributed by atoms with Crippen molar-refractivity contribution in [1.29, 1.82) is 0 Å². The predicted octanol–water partition coefficient (Wildman–Crippen LogP) is 7.11. The third kappa shape index (κ3) is 12.4. The summed E-state index contributed by atoms with van der Waals surface area (Å²) in [6.07, 6.45) is 9.67. The summed E-state index contributed by atoms with van der Waals surface area (Å²) in [6, 6.07) is 7.30. The van der Waals surface area contributed by atoms with Crippen LogP contribution in [0, 0.1) is 5.92 Å². The molecule has 1 amide bonds. The zero-order chi connectivity index (χ0) is 39.0.